The Morgan fingerprint density at radius 3 is 2.02 bits per heavy atom. The lowest BCUT2D eigenvalue weighted by Gasteiger charge is -2.37. The van der Waals surface area contributed by atoms with Crippen molar-refractivity contribution in [3.8, 4) is 11.3 Å². The number of amides is 4. The van der Waals surface area contributed by atoms with Crippen LogP contribution in [0.3, 0.4) is 0 Å². The summed E-state index contributed by atoms with van der Waals surface area (Å²) in [5.74, 6) is -1.24. The Balaban J connectivity index is 1.95. The zero-order valence-corrected chi connectivity index (χ0v) is 31.6. The van der Waals surface area contributed by atoms with Crippen molar-refractivity contribution in [1.29, 1.82) is 0 Å². The molecule has 52 heavy (non-hydrogen) atoms. The van der Waals surface area contributed by atoms with E-state index in [0.717, 1.165) is 27.4 Å². The van der Waals surface area contributed by atoms with E-state index in [-0.39, 0.29) is 31.1 Å². The maximum Gasteiger partial charge on any atom is 0.426 e. The molecule has 2 aromatic carbocycles. The van der Waals surface area contributed by atoms with Gasteiger partial charge in [0.2, 0.25) is 5.91 Å². The Hall–Kier alpha value is -4.81. The number of methoxy groups -OCH3 is 2. The van der Waals surface area contributed by atoms with Crippen LogP contribution in [-0.4, -0.2) is 83.5 Å². The highest BCUT2D eigenvalue weighted by Gasteiger charge is 2.36. The summed E-state index contributed by atoms with van der Waals surface area (Å²) in [7, 11) is 2.65. The summed E-state index contributed by atoms with van der Waals surface area (Å²) in [6, 6.07) is 20.9. The first-order valence-electron chi connectivity index (χ1n) is 17.5. The van der Waals surface area contributed by atoms with Crippen molar-refractivity contribution < 1.29 is 33.8 Å². The van der Waals surface area contributed by atoms with Crippen molar-refractivity contribution in [2.24, 2.45) is 11.3 Å². The second kappa shape index (κ2) is 19.1. The van der Waals surface area contributed by atoms with Crippen molar-refractivity contribution in [3.05, 3.63) is 90.1 Å². The van der Waals surface area contributed by atoms with Crippen LogP contribution in [0, 0.1) is 11.3 Å². The molecule has 0 radical (unpaired) electrons. The number of carbonyl (C=O) groups excluding carboxylic acids is 4. The minimum absolute atomic E-state index is 0.0136. The monoisotopic (exact) mass is 717 g/mol. The second-order valence-corrected chi connectivity index (χ2v) is 15.1. The van der Waals surface area contributed by atoms with Gasteiger partial charge in [0.25, 0.3) is 0 Å². The lowest BCUT2D eigenvalue weighted by atomic mass is 9.77. The lowest BCUT2D eigenvalue weighted by molar-refractivity contribution is -0.135. The molecule has 0 saturated carbocycles. The molecule has 1 aromatic heterocycles. The van der Waals surface area contributed by atoms with E-state index in [4.69, 9.17) is 9.47 Å². The van der Waals surface area contributed by atoms with Gasteiger partial charge in [0.1, 0.15) is 6.61 Å². The summed E-state index contributed by atoms with van der Waals surface area (Å²) >= 11 is 0. The third kappa shape index (κ3) is 13.1. The van der Waals surface area contributed by atoms with Crippen molar-refractivity contribution in [1.82, 2.24) is 26.1 Å². The first-order valence-corrected chi connectivity index (χ1v) is 17.5. The summed E-state index contributed by atoms with van der Waals surface area (Å²) in [6.45, 7) is 10.9. The first-order chi connectivity index (χ1) is 24.5. The molecule has 1 heterocycles. The molecule has 12 nitrogen and oxygen atoms in total. The number of aromatic nitrogens is 1. The zero-order chi connectivity index (χ0) is 38.5. The highest BCUT2D eigenvalue weighted by atomic mass is 16.5. The molecule has 0 fully saturated rings. The third-order valence-corrected chi connectivity index (χ3v) is 8.70. The predicted octanol–water partition coefficient (Wildman–Crippen LogP) is 5.49. The van der Waals surface area contributed by atoms with Crippen molar-refractivity contribution in [2.75, 3.05) is 20.8 Å². The van der Waals surface area contributed by atoms with Gasteiger partial charge in [0.15, 0.2) is 5.78 Å². The molecule has 0 aliphatic heterocycles. The molecule has 4 unspecified atom stereocenters. The molecule has 4 N–H and O–H groups in total. The molecule has 4 amide bonds. The SMILES string of the molecule is COCC(=O)CC(C(=O)NC(Cc1ccccc1)C(O)CC(Cc1ccc(-c2ccccn2)cc1)NC(=O)N(NC(=O)OC)C(C)(C)C)C(C)(C)C. The standard InChI is InChI=1S/C40H55N5O7/c1-39(2,3)32(25-31(46)26-51-7)36(48)43-34(23-27-14-10-9-11-15-27)35(47)24-30(42-37(49)45(40(4,5)6)44-38(50)52-8)22-28-17-19-29(20-18-28)33-16-12-13-21-41-33/h9-21,30,32,34-35,47H,22-26H2,1-8H3,(H,42,49)(H,43,48)(H,44,50). The molecule has 3 aromatic rings. The highest BCUT2D eigenvalue weighted by Crippen LogP contribution is 2.30. The topological polar surface area (TPSA) is 159 Å². The highest BCUT2D eigenvalue weighted by molar-refractivity contribution is 5.88. The van der Waals surface area contributed by atoms with Crippen LogP contribution in [0.5, 0.6) is 0 Å². The molecule has 0 aliphatic rings. The minimum Gasteiger partial charge on any atom is -0.452 e. The van der Waals surface area contributed by atoms with Crippen LogP contribution in [0.15, 0.2) is 79.0 Å². The van der Waals surface area contributed by atoms with Crippen LogP contribution in [-0.2, 0) is 31.9 Å². The Morgan fingerprint density at radius 1 is 0.827 bits per heavy atom. The number of hydrazine groups is 1. The fourth-order valence-corrected chi connectivity index (χ4v) is 5.85. The number of hydrogen-bond donors (Lipinski definition) is 4. The van der Waals surface area contributed by atoms with Gasteiger partial charge < -0.3 is 25.2 Å². The molecule has 0 bridgehead atoms. The van der Waals surface area contributed by atoms with E-state index in [0.29, 0.717) is 12.8 Å². The molecule has 12 heteroatoms. The van der Waals surface area contributed by atoms with E-state index >= 15 is 0 Å². The van der Waals surface area contributed by atoms with Gasteiger partial charge in [-0.05, 0) is 68.7 Å². The van der Waals surface area contributed by atoms with Crippen molar-refractivity contribution in [3.63, 3.8) is 0 Å². The summed E-state index contributed by atoms with van der Waals surface area (Å²) in [6.07, 6.45) is 0.442. The first kappa shape index (κ1) is 41.6. The Kier molecular flexibility index (Phi) is 15.3. The molecule has 0 saturated heterocycles. The fourth-order valence-electron chi connectivity index (χ4n) is 5.85. The Bertz CT molecular complexity index is 1590. The number of nitrogens with zero attached hydrogens (tertiary/aromatic N) is 2. The third-order valence-electron chi connectivity index (χ3n) is 8.70. The number of ether oxygens (including phenoxy) is 2. The van der Waals surface area contributed by atoms with Gasteiger partial charge in [-0.1, -0.05) is 81.4 Å². The van der Waals surface area contributed by atoms with Crippen LogP contribution in [0.4, 0.5) is 9.59 Å². The Labute approximate surface area is 307 Å². The molecule has 4 atom stereocenters. The lowest BCUT2D eigenvalue weighted by Crippen LogP contribution is -2.61. The molecular weight excluding hydrogens is 662 g/mol. The Morgan fingerprint density at radius 2 is 1.46 bits per heavy atom. The van der Waals surface area contributed by atoms with Gasteiger partial charge in [-0.15, -0.1) is 0 Å². The van der Waals surface area contributed by atoms with Crippen molar-refractivity contribution in [2.45, 2.75) is 91.0 Å². The number of nitrogens with one attached hydrogen (secondary N) is 3. The predicted molar refractivity (Wildman–Crippen MR) is 200 cm³/mol. The van der Waals surface area contributed by atoms with E-state index < -0.39 is 47.2 Å². The number of aliphatic hydroxyl groups excluding tert-OH is 1. The minimum atomic E-state index is -1.13. The van der Waals surface area contributed by atoms with Gasteiger partial charge in [-0.2, -0.15) is 0 Å². The van der Waals surface area contributed by atoms with Crippen LogP contribution in [0.2, 0.25) is 0 Å². The zero-order valence-electron chi connectivity index (χ0n) is 31.6. The molecular formula is C40H55N5O7. The number of urea groups is 1. The van der Waals surface area contributed by atoms with Crippen LogP contribution in [0.25, 0.3) is 11.3 Å². The van der Waals surface area contributed by atoms with Crippen LogP contribution in [0.1, 0.15) is 65.5 Å². The summed E-state index contributed by atoms with van der Waals surface area (Å²) in [5.41, 5.74) is 4.61. The van der Waals surface area contributed by atoms with E-state index in [1.54, 1.807) is 27.0 Å². The average Bonchev–Trinajstić information content (AvgIpc) is 3.09. The number of pyridine rings is 1. The number of rotatable bonds is 15. The summed E-state index contributed by atoms with van der Waals surface area (Å²) < 4.78 is 9.78. The summed E-state index contributed by atoms with van der Waals surface area (Å²) in [5, 5.41) is 19.2. The van der Waals surface area contributed by atoms with Crippen molar-refractivity contribution >= 4 is 23.8 Å². The van der Waals surface area contributed by atoms with Gasteiger partial charge in [-0.3, -0.25) is 14.6 Å². The maximum atomic E-state index is 13.9. The number of carbonyl (C=O) groups is 4. The quantitative estimate of drug-likeness (QED) is 0.150. The fraction of sp³-hybridized carbons (Fsp3) is 0.475. The van der Waals surface area contributed by atoms with E-state index in [9.17, 15) is 24.3 Å². The molecule has 0 aliphatic carbocycles. The number of ketones is 1. The van der Waals surface area contributed by atoms with Crippen LogP contribution < -0.4 is 16.1 Å². The second-order valence-electron chi connectivity index (χ2n) is 15.1. The number of aliphatic hydroxyl groups is 1. The van der Waals surface area contributed by atoms with Gasteiger partial charge in [0.05, 0.1) is 30.5 Å². The summed E-state index contributed by atoms with van der Waals surface area (Å²) in [4.78, 5) is 57.0. The normalized spacial score (nSPS) is 13.9. The number of Topliss-reactive ketones (excluding diaryl/α,β-unsaturated/α-hetero) is 1. The number of benzene rings is 2. The van der Waals surface area contributed by atoms with Gasteiger partial charge in [-0.25, -0.2) is 20.0 Å². The van der Waals surface area contributed by atoms with Gasteiger partial charge >= 0.3 is 12.1 Å². The smallest absolute Gasteiger partial charge is 0.426 e. The van der Waals surface area contributed by atoms with Gasteiger partial charge in [0, 0.05) is 37.3 Å². The van der Waals surface area contributed by atoms with E-state index in [2.05, 4.69) is 21.0 Å². The maximum absolute atomic E-state index is 13.9. The number of hydrogen-bond acceptors (Lipinski definition) is 8. The van der Waals surface area contributed by atoms with E-state index in [1.807, 2.05) is 93.6 Å². The van der Waals surface area contributed by atoms with Crippen LogP contribution >= 0.6 is 0 Å². The average molecular weight is 718 g/mol. The molecule has 3 rings (SSSR count). The largest absolute Gasteiger partial charge is 0.452 e. The molecule has 282 valence electrons. The molecule has 0 spiro atoms. The van der Waals surface area contributed by atoms with E-state index in [1.165, 1.54) is 14.2 Å².